The maximum atomic E-state index is 11.0. The molecule has 16 heavy (non-hydrogen) atoms. The number of anilines is 1. The van der Waals surface area contributed by atoms with E-state index in [-0.39, 0.29) is 11.5 Å². The van der Waals surface area contributed by atoms with E-state index in [2.05, 4.69) is 4.98 Å². The highest BCUT2D eigenvalue weighted by molar-refractivity contribution is 7.17. The van der Waals surface area contributed by atoms with Crippen LogP contribution < -0.4 is 4.90 Å². The number of carbonyl (C=O) groups is 1. The van der Waals surface area contributed by atoms with Crippen molar-refractivity contribution < 1.29 is 14.6 Å². The van der Waals surface area contributed by atoms with Gasteiger partial charge in [0.2, 0.25) is 0 Å². The van der Waals surface area contributed by atoms with Gasteiger partial charge in [0.05, 0.1) is 12.3 Å². The Morgan fingerprint density at radius 1 is 1.50 bits per heavy atom. The molecule has 0 amide bonds. The average Bonchev–Trinajstić information content (AvgIpc) is 2.65. The first-order valence-corrected chi connectivity index (χ1v) is 5.92. The van der Waals surface area contributed by atoms with Crippen LogP contribution in [0.1, 0.15) is 29.2 Å². The van der Waals surface area contributed by atoms with Crippen molar-refractivity contribution in [2.75, 3.05) is 25.1 Å². The molecule has 1 N–H and O–H groups in total. The lowest BCUT2D eigenvalue weighted by molar-refractivity contribution is 0.0697. The second-order valence-electron chi connectivity index (χ2n) is 3.18. The molecule has 0 radical (unpaired) electrons. The van der Waals surface area contributed by atoms with Crippen molar-refractivity contribution in [3.05, 3.63) is 10.6 Å². The number of hydrogen-bond acceptors (Lipinski definition) is 5. The number of rotatable bonds is 6. The molecule has 1 aromatic heterocycles. The molecule has 1 aromatic rings. The Kier molecular flexibility index (Phi) is 4.70. The van der Waals surface area contributed by atoms with Crippen LogP contribution in [0.3, 0.4) is 0 Å². The highest BCUT2D eigenvalue weighted by Gasteiger charge is 2.19. The van der Waals surface area contributed by atoms with Crippen molar-refractivity contribution in [2.24, 2.45) is 0 Å². The van der Waals surface area contributed by atoms with Crippen LogP contribution in [0.2, 0.25) is 0 Å². The lowest BCUT2D eigenvalue weighted by atomic mass is 10.4. The van der Waals surface area contributed by atoms with Gasteiger partial charge in [0.25, 0.3) is 0 Å². The third kappa shape index (κ3) is 2.70. The van der Waals surface area contributed by atoms with E-state index in [9.17, 15) is 4.79 Å². The van der Waals surface area contributed by atoms with E-state index >= 15 is 0 Å². The topological polar surface area (TPSA) is 62.7 Å². The van der Waals surface area contributed by atoms with Crippen LogP contribution in [0.15, 0.2) is 0 Å². The number of carboxylic acid groups (broad SMARTS) is 1. The van der Waals surface area contributed by atoms with Gasteiger partial charge in [-0.15, -0.1) is 0 Å². The first-order valence-electron chi connectivity index (χ1n) is 5.10. The summed E-state index contributed by atoms with van der Waals surface area (Å²) in [6, 6.07) is 0. The van der Waals surface area contributed by atoms with Gasteiger partial charge < -0.3 is 14.7 Å². The van der Waals surface area contributed by atoms with Crippen molar-refractivity contribution in [2.45, 2.75) is 20.5 Å². The Labute approximate surface area is 98.7 Å². The van der Waals surface area contributed by atoms with Gasteiger partial charge in [-0.05, 0) is 13.8 Å². The number of methoxy groups -OCH3 is 1. The molecule has 0 aliphatic carbocycles. The van der Waals surface area contributed by atoms with Gasteiger partial charge >= 0.3 is 5.97 Å². The molecule has 0 atom stereocenters. The molecule has 5 nitrogen and oxygen atoms in total. The van der Waals surface area contributed by atoms with Gasteiger partial charge in [-0.3, -0.25) is 0 Å². The highest BCUT2D eigenvalue weighted by Crippen LogP contribution is 2.26. The number of nitrogens with zero attached hydrogens (tertiary/aromatic N) is 2. The fourth-order valence-electron chi connectivity index (χ4n) is 1.37. The first-order chi connectivity index (χ1) is 7.63. The summed E-state index contributed by atoms with van der Waals surface area (Å²) in [5.41, 5.74) is 0.502. The number of hydrogen-bond donors (Lipinski definition) is 1. The van der Waals surface area contributed by atoms with Gasteiger partial charge in [-0.1, -0.05) is 11.3 Å². The van der Waals surface area contributed by atoms with Crippen LogP contribution in [-0.4, -0.2) is 36.3 Å². The molecule has 1 rings (SSSR count). The van der Waals surface area contributed by atoms with E-state index in [4.69, 9.17) is 9.84 Å². The summed E-state index contributed by atoms with van der Waals surface area (Å²) in [5.74, 6) is -0.942. The van der Waals surface area contributed by atoms with E-state index < -0.39 is 5.97 Å². The predicted octanol–water partition coefficient (Wildman–Crippen LogP) is 1.83. The van der Waals surface area contributed by atoms with Crippen molar-refractivity contribution >= 4 is 22.4 Å². The number of aromatic nitrogens is 1. The zero-order valence-electron chi connectivity index (χ0n) is 9.69. The number of aromatic carboxylic acids is 1. The molecule has 0 aliphatic heterocycles. The Balaban J connectivity index is 3.04. The largest absolute Gasteiger partial charge is 0.477 e. The summed E-state index contributed by atoms with van der Waals surface area (Å²) >= 11 is 1.20. The quantitative estimate of drug-likeness (QED) is 0.827. The third-order valence-electron chi connectivity index (χ3n) is 2.20. The highest BCUT2D eigenvalue weighted by atomic mass is 32.1. The lowest BCUT2D eigenvalue weighted by Gasteiger charge is -2.16. The van der Waals surface area contributed by atoms with Crippen molar-refractivity contribution in [1.29, 1.82) is 0 Å². The predicted molar refractivity (Wildman–Crippen MR) is 63.3 cm³/mol. The molecule has 0 saturated heterocycles. The minimum atomic E-state index is -0.942. The zero-order valence-corrected chi connectivity index (χ0v) is 10.5. The minimum absolute atomic E-state index is 0.236. The van der Waals surface area contributed by atoms with Gasteiger partial charge in [-0.2, -0.15) is 0 Å². The Morgan fingerprint density at radius 3 is 2.56 bits per heavy atom. The molecule has 0 saturated carbocycles. The monoisotopic (exact) mass is 244 g/mol. The second kappa shape index (κ2) is 5.81. The fraction of sp³-hybridized carbons (Fsp3) is 0.600. The molecule has 6 heteroatoms. The molecule has 0 spiro atoms. The Morgan fingerprint density at radius 2 is 2.12 bits per heavy atom. The SMILES string of the molecule is CCN(CC)c1nc(COC)c(C(=O)O)s1. The molecule has 0 aliphatic rings. The Bertz CT molecular complexity index is 361. The molecule has 1 heterocycles. The van der Waals surface area contributed by atoms with Crippen molar-refractivity contribution in [3.8, 4) is 0 Å². The summed E-state index contributed by atoms with van der Waals surface area (Å²) < 4.78 is 4.94. The van der Waals surface area contributed by atoms with Gasteiger partial charge in [-0.25, -0.2) is 9.78 Å². The number of ether oxygens (including phenoxy) is 1. The molecular formula is C10H16N2O3S. The summed E-state index contributed by atoms with van der Waals surface area (Å²) in [6.07, 6.45) is 0. The lowest BCUT2D eigenvalue weighted by Crippen LogP contribution is -2.21. The fourth-order valence-corrected chi connectivity index (χ4v) is 2.41. The standard InChI is InChI=1S/C10H16N2O3S/c1-4-12(5-2)10-11-7(6-15-3)8(16-10)9(13)14/h4-6H2,1-3H3,(H,13,14). The van der Waals surface area contributed by atoms with E-state index in [1.165, 1.54) is 18.4 Å². The summed E-state index contributed by atoms with van der Waals surface area (Å²) in [4.78, 5) is 17.6. The number of carboxylic acids is 1. The van der Waals surface area contributed by atoms with E-state index in [1.807, 2.05) is 18.7 Å². The van der Waals surface area contributed by atoms with Crippen molar-refractivity contribution in [1.82, 2.24) is 4.98 Å². The molecular weight excluding hydrogens is 228 g/mol. The van der Waals surface area contributed by atoms with Gasteiger partial charge in [0.1, 0.15) is 4.88 Å². The van der Waals surface area contributed by atoms with Crippen LogP contribution in [0.5, 0.6) is 0 Å². The van der Waals surface area contributed by atoms with Crippen LogP contribution in [-0.2, 0) is 11.3 Å². The van der Waals surface area contributed by atoms with E-state index in [1.54, 1.807) is 0 Å². The second-order valence-corrected chi connectivity index (χ2v) is 4.16. The van der Waals surface area contributed by atoms with Crippen LogP contribution in [0, 0.1) is 0 Å². The molecule has 0 aromatic carbocycles. The van der Waals surface area contributed by atoms with Crippen LogP contribution in [0.25, 0.3) is 0 Å². The molecule has 90 valence electrons. The van der Waals surface area contributed by atoms with Crippen LogP contribution in [0.4, 0.5) is 5.13 Å². The average molecular weight is 244 g/mol. The summed E-state index contributed by atoms with van der Waals surface area (Å²) in [7, 11) is 1.53. The van der Waals surface area contributed by atoms with Crippen molar-refractivity contribution in [3.63, 3.8) is 0 Å². The maximum absolute atomic E-state index is 11.0. The Hall–Kier alpha value is -1.14. The summed E-state index contributed by atoms with van der Waals surface area (Å²) in [5, 5.41) is 9.77. The zero-order chi connectivity index (χ0) is 12.1. The first kappa shape index (κ1) is 12.9. The van der Waals surface area contributed by atoms with Crippen LogP contribution >= 0.6 is 11.3 Å². The normalized spacial score (nSPS) is 10.4. The van der Waals surface area contributed by atoms with Gasteiger partial charge in [0, 0.05) is 20.2 Å². The molecule has 0 fully saturated rings. The third-order valence-corrected chi connectivity index (χ3v) is 3.34. The maximum Gasteiger partial charge on any atom is 0.347 e. The van der Waals surface area contributed by atoms with E-state index in [0.29, 0.717) is 5.69 Å². The smallest absolute Gasteiger partial charge is 0.347 e. The molecule has 0 unspecified atom stereocenters. The molecule has 0 bridgehead atoms. The minimum Gasteiger partial charge on any atom is -0.477 e. The van der Waals surface area contributed by atoms with Gasteiger partial charge in [0.15, 0.2) is 5.13 Å². The summed E-state index contributed by atoms with van der Waals surface area (Å²) in [6.45, 7) is 5.90. The number of thiazole rings is 1. The van der Waals surface area contributed by atoms with E-state index in [0.717, 1.165) is 18.2 Å².